The van der Waals surface area contributed by atoms with Crippen molar-refractivity contribution < 1.29 is 19.4 Å². The number of aryl methyl sites for hydroxylation is 2. The van der Waals surface area contributed by atoms with E-state index in [1.165, 1.54) is 11.1 Å². The molecule has 0 radical (unpaired) electrons. The number of carbonyl (C=O) groups is 1. The molecule has 0 amide bonds. The van der Waals surface area contributed by atoms with E-state index in [1.54, 1.807) is 17.9 Å². The molecule has 16 nitrogen and oxygen atoms in total. The third kappa shape index (κ3) is 5.86. The molecule has 0 unspecified atom stereocenters. The standard InChI is InChI=1S/C24H34N12O4/c1-24(2,3)7-9-25-19-15-21(30-23(29-19)26-8-6-14-10-34(4)11-27-14)36(12-28-15)22-16(38)17(39-13-37)18(40-22)20-31-33-35(5)32-20/h10-13,16-18,22,38H,6-9H2,1-5H3,(H2,25,26,29,30)/t16-,17+,18+,22-/m1/s1. The largest absolute Gasteiger partial charge is 0.458 e. The summed E-state index contributed by atoms with van der Waals surface area (Å²) in [5.74, 6) is 1.11. The van der Waals surface area contributed by atoms with E-state index in [0.29, 0.717) is 42.4 Å². The molecule has 1 aliphatic rings. The Morgan fingerprint density at radius 3 is 2.65 bits per heavy atom. The molecule has 1 saturated heterocycles. The maximum Gasteiger partial charge on any atom is 0.293 e. The SMILES string of the molecule is Cn1cnc(CCNc2nc(NCCC(C)(C)C)c3ncn([C@@H]4O[C@H](c5nnn(C)n5)[C@@H](OC=O)[C@H]4O)c3n2)c1. The highest BCUT2D eigenvalue weighted by Crippen LogP contribution is 2.40. The van der Waals surface area contributed by atoms with Crippen molar-refractivity contribution in [2.75, 3.05) is 23.7 Å². The first-order valence-electron chi connectivity index (χ1n) is 13.0. The summed E-state index contributed by atoms with van der Waals surface area (Å²) >= 11 is 0. The van der Waals surface area contributed by atoms with Gasteiger partial charge in [0.05, 0.1) is 25.4 Å². The van der Waals surface area contributed by atoms with Crippen LogP contribution in [0, 0.1) is 5.41 Å². The molecule has 0 aliphatic carbocycles. The van der Waals surface area contributed by atoms with E-state index in [-0.39, 0.29) is 17.7 Å². The van der Waals surface area contributed by atoms with Gasteiger partial charge in [-0.1, -0.05) is 20.8 Å². The topological polar surface area (TPSA) is 185 Å². The van der Waals surface area contributed by atoms with Crippen molar-refractivity contribution in [3.8, 4) is 0 Å². The van der Waals surface area contributed by atoms with Crippen LogP contribution in [0.4, 0.5) is 11.8 Å². The van der Waals surface area contributed by atoms with Crippen LogP contribution in [0.2, 0.25) is 0 Å². The number of tetrazole rings is 1. The lowest BCUT2D eigenvalue weighted by atomic mass is 9.92. The molecule has 214 valence electrons. The molecular weight excluding hydrogens is 520 g/mol. The molecule has 4 aromatic rings. The van der Waals surface area contributed by atoms with Crippen LogP contribution >= 0.6 is 0 Å². The number of carbonyl (C=O) groups excluding carboxylic acids is 1. The summed E-state index contributed by atoms with van der Waals surface area (Å²) in [5, 5.41) is 29.8. The molecule has 5 rings (SSSR count). The maximum atomic E-state index is 11.2. The molecule has 0 aromatic carbocycles. The molecule has 0 bridgehead atoms. The Labute approximate surface area is 230 Å². The molecule has 16 heteroatoms. The van der Waals surface area contributed by atoms with E-state index in [9.17, 15) is 9.90 Å². The van der Waals surface area contributed by atoms with Crippen LogP contribution in [0.1, 0.15) is 51.0 Å². The molecular formula is C24H34N12O4. The number of anilines is 2. The lowest BCUT2D eigenvalue weighted by molar-refractivity contribution is -0.140. The van der Waals surface area contributed by atoms with E-state index >= 15 is 0 Å². The van der Waals surface area contributed by atoms with Crippen LogP contribution < -0.4 is 10.6 Å². The van der Waals surface area contributed by atoms with E-state index in [4.69, 9.17) is 14.5 Å². The Kier molecular flexibility index (Phi) is 7.62. The molecule has 40 heavy (non-hydrogen) atoms. The van der Waals surface area contributed by atoms with Crippen molar-refractivity contribution >= 4 is 29.4 Å². The molecule has 1 fully saturated rings. The Hall–Kier alpha value is -4.18. The van der Waals surface area contributed by atoms with Crippen molar-refractivity contribution in [3.63, 3.8) is 0 Å². The summed E-state index contributed by atoms with van der Waals surface area (Å²) in [6.07, 6.45) is 2.55. The zero-order valence-corrected chi connectivity index (χ0v) is 23.1. The van der Waals surface area contributed by atoms with Gasteiger partial charge >= 0.3 is 0 Å². The minimum Gasteiger partial charge on any atom is -0.458 e. The van der Waals surface area contributed by atoms with Gasteiger partial charge in [-0.25, -0.2) is 9.97 Å². The van der Waals surface area contributed by atoms with E-state index in [0.717, 1.165) is 12.1 Å². The summed E-state index contributed by atoms with van der Waals surface area (Å²) < 4.78 is 14.8. The van der Waals surface area contributed by atoms with Crippen molar-refractivity contribution in [1.82, 2.24) is 49.3 Å². The van der Waals surface area contributed by atoms with Gasteiger partial charge in [0, 0.05) is 32.8 Å². The number of nitrogens with one attached hydrogen (secondary N) is 2. The number of hydrogen-bond donors (Lipinski definition) is 3. The Bertz CT molecular complexity index is 1460. The van der Waals surface area contributed by atoms with Crippen LogP contribution in [0.5, 0.6) is 0 Å². The van der Waals surface area contributed by atoms with Crippen LogP contribution in [0.15, 0.2) is 18.9 Å². The average Bonchev–Trinajstić information content (AvgIpc) is 3.67. The predicted octanol–water partition coefficient (Wildman–Crippen LogP) is 0.759. The molecule has 0 spiro atoms. The number of nitrogens with zero attached hydrogens (tertiary/aromatic N) is 10. The summed E-state index contributed by atoms with van der Waals surface area (Å²) in [6.45, 7) is 8.00. The van der Waals surface area contributed by atoms with Gasteiger partial charge in [-0.05, 0) is 17.0 Å². The highest BCUT2D eigenvalue weighted by Gasteiger charge is 2.49. The minimum atomic E-state index is -1.26. The normalized spacial score (nSPS) is 21.1. The fraction of sp³-hybridized carbons (Fsp3) is 0.583. The highest BCUT2D eigenvalue weighted by atomic mass is 16.6. The van der Waals surface area contributed by atoms with Crippen LogP contribution in [0.25, 0.3) is 11.2 Å². The third-order valence-electron chi connectivity index (χ3n) is 6.49. The van der Waals surface area contributed by atoms with Crippen molar-refractivity contribution in [2.45, 2.75) is 58.2 Å². The van der Waals surface area contributed by atoms with Gasteiger partial charge in [0.25, 0.3) is 6.47 Å². The molecule has 1 aliphatic heterocycles. The summed E-state index contributed by atoms with van der Waals surface area (Å²) in [5.41, 5.74) is 2.00. The zero-order valence-electron chi connectivity index (χ0n) is 23.1. The van der Waals surface area contributed by atoms with Crippen molar-refractivity contribution in [2.24, 2.45) is 19.5 Å². The monoisotopic (exact) mass is 554 g/mol. The fourth-order valence-corrected chi connectivity index (χ4v) is 4.48. The highest BCUT2D eigenvalue weighted by molar-refractivity contribution is 5.84. The number of hydrogen-bond acceptors (Lipinski definition) is 13. The van der Waals surface area contributed by atoms with Crippen LogP contribution in [-0.4, -0.2) is 86.2 Å². The summed E-state index contributed by atoms with van der Waals surface area (Å²) in [6, 6.07) is 0. The number of rotatable bonds is 11. The Morgan fingerprint density at radius 1 is 1.15 bits per heavy atom. The number of aromatic nitrogens is 10. The van der Waals surface area contributed by atoms with Gasteiger partial charge in [0.15, 0.2) is 35.4 Å². The Morgan fingerprint density at radius 2 is 1.98 bits per heavy atom. The first-order chi connectivity index (χ1) is 19.1. The molecule has 4 aromatic heterocycles. The zero-order chi connectivity index (χ0) is 28.4. The molecule has 5 heterocycles. The number of ether oxygens (including phenoxy) is 2. The Balaban J connectivity index is 1.45. The van der Waals surface area contributed by atoms with E-state index in [2.05, 4.69) is 61.8 Å². The molecule has 0 saturated carbocycles. The minimum absolute atomic E-state index is 0.126. The maximum absolute atomic E-state index is 11.2. The predicted molar refractivity (Wildman–Crippen MR) is 142 cm³/mol. The first kappa shape index (κ1) is 27.4. The fourth-order valence-electron chi connectivity index (χ4n) is 4.48. The van der Waals surface area contributed by atoms with Crippen molar-refractivity contribution in [1.29, 1.82) is 0 Å². The van der Waals surface area contributed by atoms with Gasteiger partial charge in [-0.2, -0.15) is 14.8 Å². The number of aliphatic hydroxyl groups is 1. The smallest absolute Gasteiger partial charge is 0.293 e. The number of imidazole rings is 2. The van der Waals surface area contributed by atoms with Crippen LogP contribution in [0.3, 0.4) is 0 Å². The van der Waals surface area contributed by atoms with Gasteiger partial charge in [-0.15, -0.1) is 10.2 Å². The molecule has 3 N–H and O–H groups in total. The lowest BCUT2D eigenvalue weighted by Gasteiger charge is -2.19. The lowest BCUT2D eigenvalue weighted by Crippen LogP contribution is -2.31. The number of aliphatic hydroxyl groups excluding tert-OH is 1. The third-order valence-corrected chi connectivity index (χ3v) is 6.49. The van der Waals surface area contributed by atoms with Gasteiger partial charge < -0.3 is 29.8 Å². The molecule has 4 atom stereocenters. The van der Waals surface area contributed by atoms with Crippen molar-refractivity contribution in [3.05, 3.63) is 30.4 Å². The summed E-state index contributed by atoms with van der Waals surface area (Å²) in [4.78, 5) is 30.8. The van der Waals surface area contributed by atoms with Gasteiger partial charge in [0.2, 0.25) is 11.8 Å². The quantitative estimate of drug-likeness (QED) is 0.221. The van der Waals surface area contributed by atoms with E-state index < -0.39 is 24.5 Å². The second-order valence-electron chi connectivity index (χ2n) is 10.9. The van der Waals surface area contributed by atoms with E-state index in [1.807, 2.05) is 17.8 Å². The first-order valence-corrected chi connectivity index (χ1v) is 13.0. The van der Waals surface area contributed by atoms with Crippen LogP contribution in [-0.2, 0) is 34.8 Å². The summed E-state index contributed by atoms with van der Waals surface area (Å²) in [7, 11) is 3.53. The second-order valence-corrected chi connectivity index (χ2v) is 10.9. The van der Waals surface area contributed by atoms with Gasteiger partial charge in [-0.3, -0.25) is 9.36 Å². The second kappa shape index (κ2) is 11.1. The van der Waals surface area contributed by atoms with Gasteiger partial charge in [0.1, 0.15) is 6.10 Å². The average molecular weight is 555 g/mol. The number of fused-ring (bicyclic) bond motifs is 1.